The molecule has 0 unspecified atom stereocenters. The third kappa shape index (κ3) is 7.14. The smallest absolute Gasteiger partial charge is 0.152 e. The Morgan fingerprint density at radius 3 is 2.65 bits per heavy atom. The molecule has 1 rings (SSSR count). The van der Waals surface area contributed by atoms with Crippen LogP contribution in [0.15, 0.2) is 24.3 Å². The topological polar surface area (TPSA) is 17.1 Å². The lowest BCUT2D eigenvalue weighted by molar-refractivity contribution is -0.112. The van der Waals surface area contributed by atoms with Crippen LogP contribution in [0.4, 0.5) is 0 Å². The summed E-state index contributed by atoms with van der Waals surface area (Å²) in [5.41, 5.74) is 0. The van der Waals surface area contributed by atoms with E-state index in [0.717, 1.165) is 18.3 Å². The molecule has 17 heavy (non-hydrogen) atoms. The molecule has 0 N–H and O–H groups in total. The minimum atomic E-state index is 0.168. The fourth-order valence-corrected chi connectivity index (χ4v) is 2.23. The molecule has 1 aliphatic carbocycles. The van der Waals surface area contributed by atoms with E-state index in [1.54, 1.807) is 13.0 Å². The SMILES string of the molecule is CCCC/C=C\CC[C@@H]1C[C@@H]1C/C=C/C(C)=O. The Kier molecular flexibility index (Phi) is 6.91. The fourth-order valence-electron chi connectivity index (χ4n) is 2.23. The minimum absolute atomic E-state index is 0.168. The summed E-state index contributed by atoms with van der Waals surface area (Å²) in [7, 11) is 0. The van der Waals surface area contributed by atoms with Gasteiger partial charge in [0.2, 0.25) is 0 Å². The molecule has 2 atom stereocenters. The average molecular weight is 234 g/mol. The molecule has 0 aliphatic heterocycles. The van der Waals surface area contributed by atoms with Crippen molar-refractivity contribution < 1.29 is 4.79 Å². The van der Waals surface area contributed by atoms with E-state index in [4.69, 9.17) is 0 Å². The first kappa shape index (κ1) is 14.2. The van der Waals surface area contributed by atoms with Gasteiger partial charge in [-0.3, -0.25) is 4.79 Å². The lowest BCUT2D eigenvalue weighted by atomic mass is 10.1. The summed E-state index contributed by atoms with van der Waals surface area (Å²) in [6.45, 7) is 3.85. The summed E-state index contributed by atoms with van der Waals surface area (Å²) in [6.07, 6.45) is 17.3. The number of unbranched alkanes of at least 4 members (excludes halogenated alkanes) is 2. The largest absolute Gasteiger partial charge is 0.295 e. The van der Waals surface area contributed by atoms with E-state index >= 15 is 0 Å². The zero-order valence-corrected chi connectivity index (χ0v) is 11.3. The summed E-state index contributed by atoms with van der Waals surface area (Å²) >= 11 is 0. The molecule has 1 saturated carbocycles. The number of allylic oxidation sites excluding steroid dienone is 4. The Morgan fingerprint density at radius 2 is 1.94 bits per heavy atom. The van der Waals surface area contributed by atoms with Crippen molar-refractivity contribution in [1.29, 1.82) is 0 Å². The van der Waals surface area contributed by atoms with Crippen molar-refractivity contribution in [1.82, 2.24) is 0 Å². The van der Waals surface area contributed by atoms with Crippen LogP contribution in [0, 0.1) is 11.8 Å². The van der Waals surface area contributed by atoms with Crippen molar-refractivity contribution in [3.05, 3.63) is 24.3 Å². The standard InChI is InChI=1S/C16H26O/c1-3-4-5-6-7-8-11-15-13-16(15)12-9-10-14(2)17/h6-7,9-10,15-16H,3-5,8,11-13H2,1-2H3/b7-6-,10-9+/t15-,16+/m1/s1. The molecule has 0 aromatic carbocycles. The highest BCUT2D eigenvalue weighted by Crippen LogP contribution is 2.44. The second-order valence-corrected chi connectivity index (χ2v) is 5.20. The van der Waals surface area contributed by atoms with Crippen molar-refractivity contribution in [2.24, 2.45) is 11.8 Å². The Balaban J connectivity index is 1.97. The first-order valence-electron chi connectivity index (χ1n) is 7.06. The van der Waals surface area contributed by atoms with E-state index in [9.17, 15) is 4.79 Å². The lowest BCUT2D eigenvalue weighted by Gasteiger charge is -1.94. The number of rotatable bonds is 9. The Bertz CT molecular complexity index is 275. The number of carbonyl (C=O) groups is 1. The van der Waals surface area contributed by atoms with E-state index in [0.29, 0.717) is 0 Å². The molecule has 1 aliphatic rings. The minimum Gasteiger partial charge on any atom is -0.295 e. The van der Waals surface area contributed by atoms with Gasteiger partial charge in [-0.15, -0.1) is 0 Å². The normalized spacial score (nSPS) is 23.6. The highest BCUT2D eigenvalue weighted by atomic mass is 16.1. The van der Waals surface area contributed by atoms with Crippen LogP contribution in [-0.4, -0.2) is 5.78 Å². The van der Waals surface area contributed by atoms with Crippen LogP contribution in [0.5, 0.6) is 0 Å². The van der Waals surface area contributed by atoms with E-state index in [1.807, 2.05) is 6.08 Å². The molecular weight excluding hydrogens is 208 g/mol. The van der Waals surface area contributed by atoms with Crippen molar-refractivity contribution in [2.75, 3.05) is 0 Å². The predicted octanol–water partition coefficient (Wildman–Crippen LogP) is 4.68. The molecule has 0 aromatic heterocycles. The van der Waals surface area contributed by atoms with Gasteiger partial charge in [-0.25, -0.2) is 0 Å². The van der Waals surface area contributed by atoms with Crippen LogP contribution >= 0.6 is 0 Å². The van der Waals surface area contributed by atoms with Gasteiger partial charge in [0, 0.05) is 0 Å². The molecule has 0 heterocycles. The number of hydrogen-bond acceptors (Lipinski definition) is 1. The maximum atomic E-state index is 10.7. The zero-order valence-electron chi connectivity index (χ0n) is 11.3. The van der Waals surface area contributed by atoms with E-state index in [2.05, 4.69) is 19.1 Å². The van der Waals surface area contributed by atoms with Crippen LogP contribution in [0.3, 0.4) is 0 Å². The Hall–Kier alpha value is -0.850. The Morgan fingerprint density at radius 1 is 1.18 bits per heavy atom. The maximum Gasteiger partial charge on any atom is 0.152 e. The van der Waals surface area contributed by atoms with Crippen LogP contribution in [0.2, 0.25) is 0 Å². The fraction of sp³-hybridized carbons (Fsp3) is 0.688. The van der Waals surface area contributed by atoms with Gasteiger partial charge in [0.05, 0.1) is 0 Å². The zero-order chi connectivity index (χ0) is 12.5. The molecule has 0 spiro atoms. The second kappa shape index (κ2) is 8.27. The molecule has 0 radical (unpaired) electrons. The molecule has 0 saturated heterocycles. The third-order valence-electron chi connectivity index (χ3n) is 3.46. The highest BCUT2D eigenvalue weighted by Gasteiger charge is 2.34. The number of ketones is 1. The summed E-state index contributed by atoms with van der Waals surface area (Å²) in [6, 6.07) is 0. The van der Waals surface area contributed by atoms with Gasteiger partial charge in [-0.05, 0) is 56.9 Å². The van der Waals surface area contributed by atoms with Gasteiger partial charge in [-0.1, -0.05) is 38.0 Å². The first-order chi connectivity index (χ1) is 8.24. The first-order valence-corrected chi connectivity index (χ1v) is 7.06. The number of carbonyl (C=O) groups excluding carboxylic acids is 1. The second-order valence-electron chi connectivity index (χ2n) is 5.20. The van der Waals surface area contributed by atoms with Crippen molar-refractivity contribution >= 4 is 5.78 Å². The third-order valence-corrected chi connectivity index (χ3v) is 3.46. The van der Waals surface area contributed by atoms with Gasteiger partial charge in [0.15, 0.2) is 5.78 Å². The van der Waals surface area contributed by atoms with Gasteiger partial charge in [0.1, 0.15) is 0 Å². The summed E-state index contributed by atoms with van der Waals surface area (Å²) in [4.78, 5) is 10.7. The quantitative estimate of drug-likeness (QED) is 0.321. The van der Waals surface area contributed by atoms with Gasteiger partial charge in [-0.2, -0.15) is 0 Å². The predicted molar refractivity (Wildman–Crippen MR) is 73.9 cm³/mol. The van der Waals surface area contributed by atoms with E-state index in [1.165, 1.54) is 38.5 Å². The Labute approximate surface area is 106 Å². The van der Waals surface area contributed by atoms with E-state index < -0.39 is 0 Å². The van der Waals surface area contributed by atoms with E-state index in [-0.39, 0.29) is 5.78 Å². The van der Waals surface area contributed by atoms with Gasteiger partial charge in [0.25, 0.3) is 0 Å². The highest BCUT2D eigenvalue weighted by molar-refractivity contribution is 5.87. The molecule has 0 amide bonds. The van der Waals surface area contributed by atoms with Gasteiger partial charge >= 0.3 is 0 Å². The van der Waals surface area contributed by atoms with Crippen LogP contribution in [-0.2, 0) is 4.79 Å². The molecule has 1 nitrogen and oxygen atoms in total. The molecule has 0 bridgehead atoms. The van der Waals surface area contributed by atoms with Gasteiger partial charge < -0.3 is 0 Å². The molecule has 0 aromatic rings. The van der Waals surface area contributed by atoms with Crippen LogP contribution in [0.25, 0.3) is 0 Å². The maximum absolute atomic E-state index is 10.7. The summed E-state index contributed by atoms with van der Waals surface area (Å²) in [5.74, 6) is 1.94. The monoisotopic (exact) mass is 234 g/mol. The van der Waals surface area contributed by atoms with Crippen molar-refractivity contribution in [3.8, 4) is 0 Å². The van der Waals surface area contributed by atoms with Crippen LogP contribution in [0.1, 0.15) is 58.8 Å². The average Bonchev–Trinajstić information content (AvgIpc) is 3.01. The molecule has 1 fully saturated rings. The molecular formula is C16H26O. The molecule has 1 heteroatoms. The van der Waals surface area contributed by atoms with Crippen molar-refractivity contribution in [2.45, 2.75) is 58.8 Å². The summed E-state index contributed by atoms with van der Waals surface area (Å²) < 4.78 is 0. The number of hydrogen-bond donors (Lipinski definition) is 0. The van der Waals surface area contributed by atoms with Crippen molar-refractivity contribution in [3.63, 3.8) is 0 Å². The summed E-state index contributed by atoms with van der Waals surface area (Å²) in [5, 5.41) is 0. The molecule has 96 valence electrons. The lowest BCUT2D eigenvalue weighted by Crippen LogP contribution is -1.83. The van der Waals surface area contributed by atoms with Crippen LogP contribution < -0.4 is 0 Å².